The lowest BCUT2D eigenvalue weighted by Gasteiger charge is -2.23. The lowest BCUT2D eigenvalue weighted by atomic mass is 10.1. The smallest absolute Gasteiger partial charge is 0.327 e. The number of aliphatic hydroxyl groups is 1. The number of amides is 3. The Morgan fingerprint density at radius 2 is 1.48 bits per heavy atom. The molecule has 0 bridgehead atoms. The van der Waals surface area contributed by atoms with Gasteiger partial charge in [0.1, 0.15) is 18.1 Å². The fourth-order valence-corrected chi connectivity index (χ4v) is 2.70. The quantitative estimate of drug-likeness (QED) is 0.125. The first-order valence-corrected chi connectivity index (χ1v) is 10.4. The standard InChI is InChI=1S/C15H26N4O8S2/c1-29-3-2-7(16)12(23)17-8(4-11(21)22)13(24)18-9(5-20)14(25)19-10(6-28)15(26)27/h7-10,20,28H,2-6,16H2,1H3,(H,17,23)(H,18,24)(H,19,25)(H,21,22)(H,26,27). The summed E-state index contributed by atoms with van der Waals surface area (Å²) in [6, 6.07) is -5.44. The lowest BCUT2D eigenvalue weighted by molar-refractivity contribution is -0.143. The molecule has 0 aliphatic heterocycles. The first-order chi connectivity index (χ1) is 13.6. The van der Waals surface area contributed by atoms with Crippen molar-refractivity contribution in [2.24, 2.45) is 5.73 Å². The van der Waals surface area contributed by atoms with Gasteiger partial charge in [-0.15, -0.1) is 0 Å². The zero-order valence-electron chi connectivity index (χ0n) is 15.7. The van der Waals surface area contributed by atoms with Crippen LogP contribution >= 0.6 is 24.4 Å². The van der Waals surface area contributed by atoms with Crippen molar-refractivity contribution in [1.82, 2.24) is 16.0 Å². The third kappa shape index (κ3) is 10.3. The van der Waals surface area contributed by atoms with Gasteiger partial charge in [-0.25, -0.2) is 4.79 Å². The van der Waals surface area contributed by atoms with Gasteiger partial charge in [0.15, 0.2) is 0 Å². The SMILES string of the molecule is CSCCC(N)C(=O)NC(CC(=O)O)C(=O)NC(CO)C(=O)NC(CS)C(=O)O. The molecule has 0 saturated carbocycles. The molecule has 0 radical (unpaired) electrons. The summed E-state index contributed by atoms with van der Waals surface area (Å²) < 4.78 is 0. The topological polar surface area (TPSA) is 208 Å². The number of carbonyl (C=O) groups excluding carboxylic acids is 3. The molecule has 0 aromatic carbocycles. The fraction of sp³-hybridized carbons (Fsp3) is 0.667. The maximum absolute atomic E-state index is 12.4. The highest BCUT2D eigenvalue weighted by molar-refractivity contribution is 7.98. The van der Waals surface area contributed by atoms with Crippen LogP contribution in [0.4, 0.5) is 0 Å². The van der Waals surface area contributed by atoms with Crippen molar-refractivity contribution in [3.63, 3.8) is 0 Å². The second-order valence-electron chi connectivity index (χ2n) is 5.87. The molecule has 0 aromatic heterocycles. The molecule has 0 rings (SSSR count). The average Bonchev–Trinajstić information content (AvgIpc) is 2.66. The number of hydrogen-bond donors (Lipinski definition) is 8. The molecule has 0 aromatic rings. The zero-order chi connectivity index (χ0) is 22.6. The van der Waals surface area contributed by atoms with E-state index in [1.165, 1.54) is 11.8 Å². The third-order valence-electron chi connectivity index (χ3n) is 3.59. The maximum atomic E-state index is 12.4. The van der Waals surface area contributed by atoms with Gasteiger partial charge >= 0.3 is 11.9 Å². The molecular formula is C15H26N4O8S2. The van der Waals surface area contributed by atoms with E-state index in [1.54, 1.807) is 0 Å². The molecule has 0 spiro atoms. The zero-order valence-corrected chi connectivity index (χ0v) is 17.4. The Morgan fingerprint density at radius 3 is 1.93 bits per heavy atom. The monoisotopic (exact) mass is 454 g/mol. The van der Waals surface area contributed by atoms with Crippen LogP contribution in [0, 0.1) is 0 Å². The molecule has 0 aliphatic carbocycles. The second kappa shape index (κ2) is 14.0. The number of rotatable bonds is 14. The predicted octanol–water partition coefficient (Wildman–Crippen LogP) is -3.00. The Kier molecular flexibility index (Phi) is 13.0. The summed E-state index contributed by atoms with van der Waals surface area (Å²) in [6.07, 6.45) is 1.32. The summed E-state index contributed by atoms with van der Waals surface area (Å²) in [5.41, 5.74) is 5.69. The van der Waals surface area contributed by atoms with Crippen molar-refractivity contribution in [2.75, 3.05) is 24.4 Å². The summed E-state index contributed by atoms with van der Waals surface area (Å²) in [6.45, 7) is -0.891. The van der Waals surface area contributed by atoms with E-state index < -0.39 is 66.9 Å². The summed E-state index contributed by atoms with van der Waals surface area (Å²) in [5.74, 6) is -5.23. The van der Waals surface area contributed by atoms with E-state index in [0.29, 0.717) is 12.2 Å². The largest absolute Gasteiger partial charge is 0.481 e. The Balaban J connectivity index is 5.13. The third-order valence-corrected chi connectivity index (χ3v) is 4.60. The van der Waals surface area contributed by atoms with Crippen molar-refractivity contribution in [3.8, 4) is 0 Å². The van der Waals surface area contributed by atoms with E-state index in [-0.39, 0.29) is 5.75 Å². The highest BCUT2D eigenvalue weighted by Gasteiger charge is 2.30. The van der Waals surface area contributed by atoms with Crippen LogP contribution in [0.25, 0.3) is 0 Å². The van der Waals surface area contributed by atoms with Crippen molar-refractivity contribution in [3.05, 3.63) is 0 Å². The van der Waals surface area contributed by atoms with Crippen LogP contribution in [0.3, 0.4) is 0 Å². The van der Waals surface area contributed by atoms with Crippen molar-refractivity contribution >= 4 is 54.1 Å². The van der Waals surface area contributed by atoms with Crippen LogP contribution in [-0.4, -0.2) is 93.5 Å². The van der Waals surface area contributed by atoms with Gasteiger partial charge in [0.25, 0.3) is 0 Å². The van der Waals surface area contributed by atoms with E-state index in [1.807, 2.05) is 6.26 Å². The second-order valence-corrected chi connectivity index (χ2v) is 7.22. The molecular weight excluding hydrogens is 428 g/mol. The molecule has 0 heterocycles. The summed E-state index contributed by atoms with van der Waals surface area (Å²) in [7, 11) is 0. The number of nitrogens with one attached hydrogen (secondary N) is 3. The van der Waals surface area contributed by atoms with Gasteiger partial charge in [-0.3, -0.25) is 19.2 Å². The Bertz CT molecular complexity index is 607. The Morgan fingerprint density at radius 1 is 0.966 bits per heavy atom. The molecule has 0 saturated heterocycles. The van der Waals surface area contributed by atoms with Gasteiger partial charge in [-0.05, 0) is 18.4 Å². The first kappa shape index (κ1) is 27.0. The Hall–Kier alpha value is -2.03. The number of aliphatic hydroxyl groups excluding tert-OH is 1. The molecule has 0 aliphatic rings. The van der Waals surface area contributed by atoms with E-state index >= 15 is 0 Å². The number of carbonyl (C=O) groups is 5. The minimum absolute atomic E-state index is 0.237. The summed E-state index contributed by atoms with van der Waals surface area (Å²) >= 11 is 5.23. The molecule has 12 nitrogen and oxygen atoms in total. The number of carboxylic acids is 2. The van der Waals surface area contributed by atoms with E-state index in [0.717, 1.165) is 0 Å². The number of thiol groups is 1. The van der Waals surface area contributed by atoms with Gasteiger partial charge in [0.2, 0.25) is 17.7 Å². The van der Waals surface area contributed by atoms with Gasteiger partial charge in [0.05, 0.1) is 19.1 Å². The normalized spacial score (nSPS) is 14.8. The van der Waals surface area contributed by atoms with E-state index in [4.69, 9.17) is 15.9 Å². The molecule has 0 fully saturated rings. The predicted molar refractivity (Wildman–Crippen MR) is 108 cm³/mol. The Labute approximate surface area is 176 Å². The van der Waals surface area contributed by atoms with Crippen molar-refractivity contribution in [1.29, 1.82) is 0 Å². The van der Waals surface area contributed by atoms with Crippen LogP contribution in [0.5, 0.6) is 0 Å². The first-order valence-electron chi connectivity index (χ1n) is 8.39. The molecule has 8 N–H and O–H groups in total. The molecule has 4 atom stereocenters. The minimum atomic E-state index is -1.57. The van der Waals surface area contributed by atoms with Gasteiger partial charge in [-0.2, -0.15) is 24.4 Å². The van der Waals surface area contributed by atoms with E-state index in [2.05, 4.69) is 28.6 Å². The number of carboxylic acid groups (broad SMARTS) is 2. The highest BCUT2D eigenvalue weighted by atomic mass is 32.2. The molecule has 166 valence electrons. The van der Waals surface area contributed by atoms with Gasteiger partial charge in [-0.1, -0.05) is 0 Å². The van der Waals surface area contributed by atoms with Crippen LogP contribution in [-0.2, 0) is 24.0 Å². The van der Waals surface area contributed by atoms with Gasteiger partial charge < -0.3 is 37.0 Å². The molecule has 29 heavy (non-hydrogen) atoms. The van der Waals surface area contributed by atoms with Crippen LogP contribution in [0.15, 0.2) is 0 Å². The molecule has 4 unspecified atom stereocenters. The highest BCUT2D eigenvalue weighted by Crippen LogP contribution is 2.01. The fourth-order valence-electron chi connectivity index (χ4n) is 1.96. The average molecular weight is 455 g/mol. The van der Waals surface area contributed by atoms with E-state index in [9.17, 15) is 29.1 Å². The summed E-state index contributed by atoms with van der Waals surface area (Å²) in [5, 5.41) is 33.6. The number of hydrogen-bond acceptors (Lipinski definition) is 9. The van der Waals surface area contributed by atoms with Crippen molar-refractivity contribution in [2.45, 2.75) is 37.0 Å². The summed E-state index contributed by atoms with van der Waals surface area (Å²) in [4.78, 5) is 58.5. The number of thioether (sulfide) groups is 1. The maximum Gasteiger partial charge on any atom is 0.327 e. The molecule has 14 heteroatoms. The lowest BCUT2D eigenvalue weighted by Crippen LogP contribution is -2.58. The number of aliphatic carboxylic acids is 2. The van der Waals surface area contributed by atoms with Crippen LogP contribution < -0.4 is 21.7 Å². The molecule has 3 amide bonds. The number of nitrogens with two attached hydrogens (primary N) is 1. The van der Waals surface area contributed by atoms with Crippen molar-refractivity contribution < 1.29 is 39.3 Å². The van der Waals surface area contributed by atoms with Crippen LogP contribution in [0.1, 0.15) is 12.8 Å². The van der Waals surface area contributed by atoms with Crippen LogP contribution in [0.2, 0.25) is 0 Å². The van der Waals surface area contributed by atoms with Gasteiger partial charge in [0, 0.05) is 5.75 Å². The minimum Gasteiger partial charge on any atom is -0.481 e.